The van der Waals surface area contributed by atoms with Gasteiger partial charge >= 0.3 is 0 Å². The van der Waals surface area contributed by atoms with Crippen molar-refractivity contribution < 1.29 is 47.9 Å². The Morgan fingerprint density at radius 3 is 1.28 bits per heavy atom. The van der Waals surface area contributed by atoms with Gasteiger partial charge in [-0.25, -0.2) is 51.6 Å². The number of methoxy groups -OCH3 is 3. The largest absolute Gasteiger partial charge is 0.495 e. The van der Waals surface area contributed by atoms with E-state index >= 15 is 0 Å². The minimum atomic E-state index is -3.97. The van der Waals surface area contributed by atoms with E-state index in [9.17, 15) is 33.7 Å². The van der Waals surface area contributed by atoms with Gasteiger partial charge in [-0.3, -0.25) is 29.7 Å². The molecule has 2 N–H and O–H groups in total. The number of sulfonamides is 2. The van der Waals surface area contributed by atoms with Gasteiger partial charge in [-0.05, 0) is 170 Å². The zero-order chi connectivity index (χ0) is 80.6. The highest BCUT2D eigenvalue weighted by Crippen LogP contribution is 2.45. The third-order valence-corrected chi connectivity index (χ3v) is 29.3. The Balaban J connectivity index is 0.000000133. The molecule has 0 spiro atoms. The lowest BCUT2D eigenvalue weighted by molar-refractivity contribution is 0.109. The molecule has 2 saturated carbocycles. The van der Waals surface area contributed by atoms with Crippen molar-refractivity contribution in [2.24, 2.45) is 0 Å². The van der Waals surface area contributed by atoms with Crippen LogP contribution in [-0.2, 0) is 46.5 Å². The lowest BCUT2D eigenvalue weighted by Crippen LogP contribution is -2.52. The van der Waals surface area contributed by atoms with Gasteiger partial charge in [0.2, 0.25) is 20.0 Å². The van der Waals surface area contributed by atoms with Crippen LogP contribution in [0.1, 0.15) is 62.6 Å². The Morgan fingerprint density at radius 1 is 0.414 bits per heavy atom. The lowest BCUT2D eigenvalue weighted by Gasteiger charge is -2.41. The van der Waals surface area contributed by atoms with Crippen molar-refractivity contribution in [3.8, 4) is 61.8 Å². The van der Waals surface area contributed by atoms with E-state index < -0.39 is 40.1 Å². The maximum absolute atomic E-state index is 14.2. The second-order valence-corrected chi connectivity index (χ2v) is 37.9. The smallest absolute Gasteiger partial charge is 0.269 e. The quantitative estimate of drug-likeness (QED) is 0.0807. The van der Waals surface area contributed by atoms with Gasteiger partial charge in [0.05, 0.1) is 89.4 Å². The number of rotatable bonds is 18. The highest BCUT2D eigenvalue weighted by molar-refractivity contribution is 7.90. The number of anilines is 2. The molecule has 5 aliphatic rings. The van der Waals surface area contributed by atoms with Gasteiger partial charge in [-0.15, -0.1) is 0 Å². The molecule has 0 amide bonds. The van der Waals surface area contributed by atoms with E-state index in [-0.39, 0.29) is 21.5 Å². The summed E-state index contributed by atoms with van der Waals surface area (Å²) < 4.78 is 125. The molecule has 3 aliphatic carbocycles. The summed E-state index contributed by atoms with van der Waals surface area (Å²) in [5.74, 6) is 2.01. The number of piperazine rings is 2. The van der Waals surface area contributed by atoms with Crippen LogP contribution in [0.4, 0.5) is 11.4 Å². The fraction of sp³-hybridized carbons (Fsp3) is 0.302. The highest BCUT2D eigenvalue weighted by atomic mass is 35.5. The van der Waals surface area contributed by atoms with Crippen molar-refractivity contribution in [1.82, 2.24) is 56.3 Å². The highest BCUT2D eigenvalue weighted by Gasteiger charge is 2.35. The van der Waals surface area contributed by atoms with Crippen LogP contribution in [0.5, 0.6) is 17.2 Å². The normalized spacial score (nSPS) is 18.5. The number of benzene rings is 5. The van der Waals surface area contributed by atoms with E-state index in [1.165, 1.54) is 49.0 Å². The molecule has 10 heterocycles. The summed E-state index contributed by atoms with van der Waals surface area (Å²) in [5.41, 5.74) is 14.2. The average Bonchev–Trinajstić information content (AvgIpc) is 1.57. The Morgan fingerprint density at radius 2 is 0.819 bits per heavy atom. The number of hydrogen-bond acceptors (Lipinski definition) is 21. The van der Waals surface area contributed by atoms with Gasteiger partial charge in [-0.2, -0.15) is 8.61 Å². The van der Waals surface area contributed by atoms with E-state index in [0.29, 0.717) is 88.3 Å². The van der Waals surface area contributed by atoms with E-state index in [4.69, 9.17) is 30.8 Å². The zero-order valence-corrected chi connectivity index (χ0v) is 68.9. The van der Waals surface area contributed by atoms with Crippen molar-refractivity contribution in [1.29, 1.82) is 0 Å². The number of halogens is 1. The fourth-order valence-corrected chi connectivity index (χ4v) is 21.9. The van der Waals surface area contributed by atoms with Crippen LogP contribution in [0.15, 0.2) is 217 Å². The van der Waals surface area contributed by atoms with Crippen LogP contribution < -0.4 is 24.8 Å². The van der Waals surface area contributed by atoms with Crippen LogP contribution in [0.2, 0.25) is 5.02 Å². The van der Waals surface area contributed by atoms with Crippen LogP contribution in [0.3, 0.4) is 0 Å². The average molecular weight is 1660 g/mol. The lowest BCUT2D eigenvalue weighted by atomic mass is 9.89. The standard InChI is InChI=1S/C34H38N6O5S2.C29H35N5O3S.C23H16ClN3O3S/c1-45-28-20-25(22-35-23-28)24-8-13-32-30(21-24)33-31(14-15-36-34(33)40(32)47(43,44)29-6-4-3-5-7-29)37-26-9-11-27(12-10-26)38-16-18-39(19-17-38)46(2,41)42;1-37-25-15-22(18-30-19-25)20-3-4-21-17-28-29(26(21)16-20)27(9-10-31-28)32-23-5-7-24(8-6-23)33-11-13-34(14-12-33)38(2,35)36;1-30-17-11-16(13-25-14-17)15-7-8-21-19(12-15)22-20(24)9-10-26-23(22)27(21)31(28,29)18-5-3-2-4-6-18/h3-8,13-15,20-23,26-27H,9-12,16-19H2,1-2H3,(H,36,37);3-4,9-10,15-16,18-19,23-24H,5-8,11-14,17H2,1-2H3,(H,31,32);2-14H,1H3. The summed E-state index contributed by atoms with van der Waals surface area (Å²) in [6, 6.07) is 47.7. The van der Waals surface area contributed by atoms with E-state index in [0.717, 1.165) is 145 Å². The first-order chi connectivity index (χ1) is 56.0. The number of hydrogen-bond donors (Lipinski definition) is 2. The number of fused-ring (bicyclic) bond motifs is 9. The molecular weight excluding hydrogens is 1570 g/mol. The van der Waals surface area contributed by atoms with Crippen molar-refractivity contribution in [3.05, 3.63) is 224 Å². The molecule has 30 heteroatoms. The summed E-state index contributed by atoms with van der Waals surface area (Å²) >= 11 is 6.51. The summed E-state index contributed by atoms with van der Waals surface area (Å²) in [5, 5.41) is 10.9. The Kier molecular flexibility index (Phi) is 22.8. The number of aromatic nitrogens is 8. The minimum Gasteiger partial charge on any atom is -0.495 e. The Bertz CT molecular complexity index is 6310. The monoisotopic (exact) mass is 1660 g/mol. The molecular formula is C86H89ClN14O11S4. The third kappa shape index (κ3) is 16.3. The molecule has 0 radical (unpaired) electrons. The maximum atomic E-state index is 14.2. The topological polar surface area (TPSA) is 288 Å². The molecule has 600 valence electrons. The number of nitrogens with zero attached hydrogens (tertiary/aromatic N) is 12. The van der Waals surface area contributed by atoms with Crippen LogP contribution >= 0.6 is 11.6 Å². The van der Waals surface area contributed by atoms with Crippen molar-refractivity contribution in [3.63, 3.8) is 0 Å². The van der Waals surface area contributed by atoms with Gasteiger partial charge in [0.25, 0.3) is 20.0 Å². The SMILES string of the molecule is COc1cncc(-c2ccc3c(c2)-c2c(NC4CCC(N5CCN(S(C)(=O)=O)CC5)CC4)ccnc2C3)c1.COc1cncc(-c2ccc3c(c2)c2c(Cl)ccnc2n3S(=O)(=O)c2ccccc2)c1.COc1cncc(-c2ccc3c(c2)c2c(NC4CCC(N5CCN(S(C)(=O)=O)CC5)CC4)ccnc2n3S(=O)(=O)c2ccccc2)c1. The zero-order valence-electron chi connectivity index (χ0n) is 64.8. The molecule has 13 aromatic rings. The van der Waals surface area contributed by atoms with Gasteiger partial charge in [0.1, 0.15) is 17.2 Å². The molecule has 116 heavy (non-hydrogen) atoms. The van der Waals surface area contributed by atoms with Gasteiger partial charge in [0, 0.05) is 170 Å². The number of ether oxygens (including phenoxy) is 3. The van der Waals surface area contributed by atoms with E-state index in [1.54, 1.807) is 140 Å². The third-order valence-electron chi connectivity index (χ3n) is 23.0. The molecule has 0 bridgehead atoms. The van der Waals surface area contributed by atoms with Crippen LogP contribution in [-0.4, -0.2) is 200 Å². The molecule has 8 aromatic heterocycles. The molecule has 25 nitrogen and oxygen atoms in total. The minimum absolute atomic E-state index is 0.177. The molecule has 4 fully saturated rings. The Labute approximate surface area is 680 Å². The first kappa shape index (κ1) is 79.4. The van der Waals surface area contributed by atoms with Crippen LogP contribution in [0.25, 0.3) is 88.4 Å². The Hall–Kier alpha value is -10.5. The number of pyridine rings is 6. The van der Waals surface area contributed by atoms with Crippen molar-refractivity contribution >= 4 is 107 Å². The van der Waals surface area contributed by atoms with E-state index in [2.05, 4.69) is 69.6 Å². The predicted molar refractivity (Wildman–Crippen MR) is 455 cm³/mol. The second-order valence-electron chi connectivity index (χ2n) is 29.9. The fourth-order valence-electron chi connectivity index (χ4n) is 17.0. The predicted octanol–water partition coefficient (Wildman–Crippen LogP) is 14.0. The summed E-state index contributed by atoms with van der Waals surface area (Å²) in [7, 11) is -9.27. The van der Waals surface area contributed by atoms with Gasteiger partial charge < -0.3 is 24.8 Å². The maximum Gasteiger partial charge on any atom is 0.269 e. The second kappa shape index (κ2) is 33.3. The van der Waals surface area contributed by atoms with Crippen molar-refractivity contribution in [2.75, 3.05) is 96.8 Å². The summed E-state index contributed by atoms with van der Waals surface area (Å²) in [6.45, 7) is 5.44. The van der Waals surface area contributed by atoms with Gasteiger partial charge in [-0.1, -0.05) is 72.3 Å². The first-order valence-corrected chi connectivity index (χ1v) is 45.6. The molecule has 2 aliphatic heterocycles. The van der Waals surface area contributed by atoms with Crippen molar-refractivity contribution in [2.45, 2.75) is 91.7 Å². The molecule has 5 aromatic carbocycles. The molecule has 18 rings (SSSR count). The molecule has 2 saturated heterocycles. The first-order valence-electron chi connectivity index (χ1n) is 38.7. The van der Waals surface area contributed by atoms with Crippen LogP contribution in [0, 0.1) is 0 Å². The number of nitrogens with one attached hydrogen (secondary N) is 2. The van der Waals surface area contributed by atoms with Gasteiger partial charge in [0.15, 0.2) is 11.3 Å². The molecule has 0 atom stereocenters. The summed E-state index contributed by atoms with van der Waals surface area (Å²) in [6.07, 6.45) is 27.3. The van der Waals surface area contributed by atoms with E-state index in [1.807, 2.05) is 67.0 Å². The molecule has 0 unspecified atom stereocenters. The summed E-state index contributed by atoms with van der Waals surface area (Å²) in [4.78, 5) is 31.9.